The van der Waals surface area contributed by atoms with Gasteiger partial charge in [-0.05, 0) is 52.4 Å². The molecule has 54 heavy (non-hydrogen) atoms. The van der Waals surface area contributed by atoms with Crippen molar-refractivity contribution in [2.45, 2.75) is 68.9 Å². The van der Waals surface area contributed by atoms with Gasteiger partial charge in [0.2, 0.25) is 5.91 Å². The Bertz CT molecular complexity index is 2090. The van der Waals surface area contributed by atoms with Crippen LogP contribution < -0.4 is 5.32 Å². The summed E-state index contributed by atoms with van der Waals surface area (Å²) >= 11 is 3.18. The number of hydrogen-bond donors (Lipinski definition) is 2. The van der Waals surface area contributed by atoms with Crippen LogP contribution in [0.2, 0.25) is 0 Å². The predicted molar refractivity (Wildman–Crippen MR) is 204 cm³/mol. The third-order valence-electron chi connectivity index (χ3n) is 9.51. The van der Waals surface area contributed by atoms with Crippen molar-refractivity contribution in [2.75, 3.05) is 5.75 Å². The number of alkyl carbamates (subject to hydrolysis) is 1. The van der Waals surface area contributed by atoms with Crippen molar-refractivity contribution in [2.24, 2.45) is 5.92 Å². The topological polar surface area (TPSA) is 140 Å². The van der Waals surface area contributed by atoms with Crippen molar-refractivity contribution in [1.29, 1.82) is 0 Å². The smallest absolute Gasteiger partial charge is 0.408 e. The van der Waals surface area contributed by atoms with Crippen LogP contribution in [0, 0.1) is 12.8 Å². The highest BCUT2D eigenvalue weighted by Crippen LogP contribution is 2.43. The second-order valence-corrected chi connectivity index (χ2v) is 15.8. The van der Waals surface area contributed by atoms with Crippen molar-refractivity contribution in [3.05, 3.63) is 136 Å². The fraction of sp³-hybridized carbons (Fsp3) is 0.293. The number of nitrogens with zero attached hydrogens (tertiary/aromatic N) is 3. The summed E-state index contributed by atoms with van der Waals surface area (Å²) in [5.74, 6) is -0.147. The van der Waals surface area contributed by atoms with Gasteiger partial charge in [0.05, 0.1) is 31.8 Å². The molecule has 7 rings (SSSR count). The first-order chi connectivity index (χ1) is 26.2. The molecule has 0 bridgehead atoms. The second kappa shape index (κ2) is 17.0. The lowest BCUT2D eigenvalue weighted by Crippen LogP contribution is -2.41. The zero-order chi connectivity index (χ0) is 37.6. The van der Waals surface area contributed by atoms with Crippen LogP contribution in [-0.4, -0.2) is 56.0 Å². The highest BCUT2D eigenvalue weighted by Gasteiger charge is 2.40. The number of likely N-dealkylation sites (tertiary alicyclic amines) is 1. The number of aliphatic hydroxyl groups excluding tert-OH is 1. The molecule has 2 N–H and O–H groups in total. The Morgan fingerprint density at radius 3 is 2.39 bits per heavy atom. The minimum absolute atomic E-state index is 0.0216. The van der Waals surface area contributed by atoms with Gasteiger partial charge in [-0.2, -0.15) is 0 Å². The van der Waals surface area contributed by atoms with Crippen LogP contribution in [-0.2, 0) is 43.6 Å². The van der Waals surface area contributed by atoms with Crippen molar-refractivity contribution in [3.8, 4) is 11.1 Å². The summed E-state index contributed by atoms with van der Waals surface area (Å²) in [5, 5.41) is 21.5. The van der Waals surface area contributed by atoms with Gasteiger partial charge in [0, 0.05) is 17.2 Å². The Morgan fingerprint density at radius 2 is 1.65 bits per heavy atom. The van der Waals surface area contributed by atoms with Crippen LogP contribution in [0.5, 0.6) is 0 Å². The summed E-state index contributed by atoms with van der Waals surface area (Å²) in [5.41, 5.74) is 6.08. The number of aliphatic hydroxyl groups is 1. The molecule has 5 atom stereocenters. The molecule has 278 valence electrons. The number of amides is 3. The van der Waals surface area contributed by atoms with Crippen LogP contribution in [0.4, 0.5) is 4.79 Å². The maximum absolute atomic E-state index is 13.2. The Kier molecular flexibility index (Phi) is 11.8. The highest BCUT2D eigenvalue weighted by atomic mass is 32.2. The molecule has 4 aromatic carbocycles. The summed E-state index contributed by atoms with van der Waals surface area (Å²) in [6, 6.07) is 31.7. The molecule has 0 saturated carbocycles. The van der Waals surface area contributed by atoms with Crippen molar-refractivity contribution in [3.63, 3.8) is 0 Å². The van der Waals surface area contributed by atoms with Gasteiger partial charge in [-0.3, -0.25) is 14.5 Å². The molecule has 2 fully saturated rings. The van der Waals surface area contributed by atoms with Gasteiger partial charge in [-0.1, -0.05) is 121 Å². The number of thioether (sulfide) groups is 1. The molecule has 13 heteroatoms. The number of benzene rings is 4. The number of carbonyl (C=O) groups is 3. The average molecular weight is 765 g/mol. The van der Waals surface area contributed by atoms with E-state index in [1.807, 2.05) is 110 Å². The van der Waals surface area contributed by atoms with Gasteiger partial charge in [0.15, 0.2) is 10.6 Å². The molecule has 0 radical (unpaired) electrons. The average Bonchev–Trinajstić information content (AvgIpc) is 3.74. The number of ether oxygens (including phenoxy) is 3. The van der Waals surface area contributed by atoms with Crippen molar-refractivity contribution in [1.82, 2.24) is 20.4 Å². The lowest BCUT2D eigenvalue weighted by atomic mass is 9.91. The largest absolute Gasteiger partial charge is 0.445 e. The molecule has 3 heterocycles. The molecule has 2 aliphatic rings. The molecular weight excluding hydrogens is 725 g/mol. The third-order valence-corrected chi connectivity index (χ3v) is 11.6. The molecule has 0 aliphatic carbocycles. The first kappa shape index (κ1) is 37.4. The van der Waals surface area contributed by atoms with Crippen LogP contribution in [0.15, 0.2) is 107 Å². The monoisotopic (exact) mass is 764 g/mol. The summed E-state index contributed by atoms with van der Waals surface area (Å²) in [6.07, 6.45) is -1.96. The number of aryl methyl sites for hydroxylation is 1. The first-order valence-electron chi connectivity index (χ1n) is 17.7. The summed E-state index contributed by atoms with van der Waals surface area (Å²) in [6.45, 7) is 4.16. The van der Waals surface area contributed by atoms with E-state index in [1.165, 1.54) is 4.90 Å². The molecule has 1 aromatic heterocycles. The highest BCUT2D eigenvalue weighted by molar-refractivity contribution is 8.01. The SMILES string of the molecule is Cc1nnc(SCC2OC(c3cccc(-c4cccc(CN5C(=O)CC(NC(=O)OCc6ccccc6)C5=O)c4)c3)OC(c3ccc(CO)cc3)C2C)s1. The zero-order valence-corrected chi connectivity index (χ0v) is 31.4. The molecule has 3 amide bonds. The molecule has 2 aliphatic heterocycles. The van der Waals surface area contributed by atoms with Gasteiger partial charge in [0.25, 0.3) is 5.91 Å². The van der Waals surface area contributed by atoms with Gasteiger partial charge >= 0.3 is 6.09 Å². The van der Waals surface area contributed by atoms with Crippen molar-refractivity contribution >= 4 is 41.0 Å². The zero-order valence-electron chi connectivity index (χ0n) is 29.8. The first-order valence-corrected chi connectivity index (χ1v) is 19.5. The van der Waals surface area contributed by atoms with Gasteiger partial charge in [0.1, 0.15) is 17.7 Å². The van der Waals surface area contributed by atoms with Crippen LogP contribution >= 0.6 is 23.1 Å². The molecule has 2 saturated heterocycles. The quantitative estimate of drug-likeness (QED) is 0.0995. The Labute approximate surface area is 321 Å². The molecule has 5 unspecified atom stereocenters. The lowest BCUT2D eigenvalue weighted by Gasteiger charge is -2.41. The van der Waals surface area contributed by atoms with Gasteiger partial charge in [-0.15, -0.1) is 10.2 Å². The number of nitrogens with one attached hydrogen (secondary N) is 1. The fourth-order valence-electron chi connectivity index (χ4n) is 6.57. The summed E-state index contributed by atoms with van der Waals surface area (Å²) in [7, 11) is 0. The number of hydrogen-bond acceptors (Lipinski definition) is 11. The minimum Gasteiger partial charge on any atom is -0.445 e. The molecular formula is C41H40N4O7S2. The number of carbonyl (C=O) groups excluding carboxylic acids is 3. The Balaban J connectivity index is 1.05. The fourth-order valence-corrected chi connectivity index (χ4v) is 8.57. The van der Waals surface area contributed by atoms with Crippen LogP contribution in [0.3, 0.4) is 0 Å². The van der Waals surface area contributed by atoms with E-state index in [0.29, 0.717) is 5.75 Å². The Hall–Kier alpha value is -4.92. The van der Waals surface area contributed by atoms with Crippen LogP contribution in [0.1, 0.15) is 58.6 Å². The third kappa shape index (κ3) is 8.88. The van der Waals surface area contributed by atoms with Crippen molar-refractivity contribution < 1.29 is 33.7 Å². The molecule has 11 nitrogen and oxygen atoms in total. The van der Waals surface area contributed by atoms with E-state index in [9.17, 15) is 19.5 Å². The van der Waals surface area contributed by atoms with E-state index >= 15 is 0 Å². The maximum atomic E-state index is 13.2. The predicted octanol–water partition coefficient (Wildman–Crippen LogP) is 7.14. The minimum atomic E-state index is -0.986. The molecule has 5 aromatic rings. The van der Waals surface area contributed by atoms with E-state index in [4.69, 9.17) is 14.2 Å². The molecule has 0 spiro atoms. The lowest BCUT2D eigenvalue weighted by molar-refractivity contribution is -0.268. The number of imide groups is 1. The standard InChI is InChI=1S/C41H40N4O7S2/c1-25-35(24-53-41-44-43-26(2)54-41)51-39(52-37(25)30-16-14-27(22-46)15-17-30)33-13-7-12-32(19-33)31-11-6-10-29(18-31)21-45-36(47)20-34(38(45)48)42-40(49)50-23-28-8-4-3-5-9-28/h3-19,25,34-35,37,39,46H,20-24H2,1-2H3,(H,42,49). The van der Waals surface area contributed by atoms with E-state index < -0.39 is 24.3 Å². The Morgan fingerprint density at radius 1 is 0.907 bits per heavy atom. The van der Waals surface area contributed by atoms with E-state index in [2.05, 4.69) is 22.4 Å². The normalized spacial score (nSPS) is 21.3. The summed E-state index contributed by atoms with van der Waals surface area (Å²) < 4.78 is 19.5. The number of rotatable bonds is 12. The van der Waals surface area contributed by atoms with E-state index in [0.717, 1.165) is 48.3 Å². The van der Waals surface area contributed by atoms with Gasteiger partial charge < -0.3 is 24.6 Å². The summed E-state index contributed by atoms with van der Waals surface area (Å²) in [4.78, 5) is 39.8. The maximum Gasteiger partial charge on any atom is 0.408 e. The van der Waals surface area contributed by atoms with Gasteiger partial charge in [-0.25, -0.2) is 4.79 Å². The van der Waals surface area contributed by atoms with E-state index in [-0.39, 0.29) is 50.2 Å². The van der Waals surface area contributed by atoms with E-state index in [1.54, 1.807) is 23.1 Å². The second-order valence-electron chi connectivity index (χ2n) is 13.3. The van der Waals surface area contributed by atoms with Crippen LogP contribution in [0.25, 0.3) is 11.1 Å². The number of aromatic nitrogens is 2.